The van der Waals surface area contributed by atoms with Crippen molar-refractivity contribution in [3.63, 3.8) is 0 Å². The Hall–Kier alpha value is -1.75. The summed E-state index contributed by atoms with van der Waals surface area (Å²) in [6.07, 6.45) is -0.442. The zero-order valence-corrected chi connectivity index (χ0v) is 10.4. The van der Waals surface area contributed by atoms with Crippen LogP contribution in [0.15, 0.2) is 24.3 Å². The fraction of sp³-hybridized carbons (Fsp3) is 0.333. The predicted octanol–water partition coefficient (Wildman–Crippen LogP) is 1.41. The molecule has 2 amide bonds. The molecule has 1 heterocycles. The van der Waals surface area contributed by atoms with Crippen molar-refractivity contribution in [3.8, 4) is 0 Å². The molecule has 0 saturated carbocycles. The van der Waals surface area contributed by atoms with Crippen molar-refractivity contribution < 1.29 is 14.3 Å². The predicted molar refractivity (Wildman–Crippen MR) is 66.2 cm³/mol. The maximum atomic E-state index is 11.6. The molecule has 1 aliphatic heterocycles. The van der Waals surface area contributed by atoms with Crippen molar-refractivity contribution in [2.24, 2.45) is 0 Å². The van der Waals surface area contributed by atoms with Crippen LogP contribution in [0.25, 0.3) is 0 Å². The minimum absolute atomic E-state index is 0.0171. The van der Waals surface area contributed by atoms with Gasteiger partial charge in [0.15, 0.2) is 0 Å². The number of nitrogens with one attached hydrogen (secondary N) is 1. The van der Waals surface area contributed by atoms with Gasteiger partial charge in [0.25, 0.3) is 0 Å². The van der Waals surface area contributed by atoms with Crippen LogP contribution in [0.1, 0.15) is 5.56 Å². The monoisotopic (exact) mass is 268 g/mol. The summed E-state index contributed by atoms with van der Waals surface area (Å²) in [7, 11) is 0. The van der Waals surface area contributed by atoms with Gasteiger partial charge in [0.1, 0.15) is 13.2 Å². The molecule has 0 spiro atoms. The van der Waals surface area contributed by atoms with E-state index in [4.69, 9.17) is 16.3 Å². The number of hydrogen-bond donors (Lipinski definition) is 1. The highest BCUT2D eigenvalue weighted by Crippen LogP contribution is 2.14. The summed E-state index contributed by atoms with van der Waals surface area (Å²) >= 11 is 5.97. The number of rotatable bonds is 4. The normalized spacial score (nSPS) is 14.5. The Labute approximate surface area is 110 Å². The quantitative estimate of drug-likeness (QED) is 0.898. The largest absolute Gasteiger partial charge is 0.448 e. The molecule has 1 N–H and O–H groups in total. The van der Waals surface area contributed by atoms with Crippen LogP contribution >= 0.6 is 11.6 Å². The lowest BCUT2D eigenvalue weighted by atomic mass is 10.2. The van der Waals surface area contributed by atoms with Gasteiger partial charge in [-0.1, -0.05) is 29.8 Å². The van der Waals surface area contributed by atoms with E-state index in [1.807, 2.05) is 18.2 Å². The smallest absolute Gasteiger partial charge is 0.410 e. The zero-order chi connectivity index (χ0) is 13.0. The Kier molecular flexibility index (Phi) is 4.04. The number of carbonyl (C=O) groups is 2. The van der Waals surface area contributed by atoms with Crippen molar-refractivity contribution in [3.05, 3.63) is 34.9 Å². The lowest BCUT2D eigenvalue weighted by molar-refractivity contribution is -0.121. The Morgan fingerprint density at radius 1 is 1.44 bits per heavy atom. The van der Waals surface area contributed by atoms with Gasteiger partial charge in [-0.2, -0.15) is 0 Å². The van der Waals surface area contributed by atoms with Gasteiger partial charge in [0.2, 0.25) is 5.91 Å². The summed E-state index contributed by atoms with van der Waals surface area (Å²) in [6, 6.07) is 7.28. The van der Waals surface area contributed by atoms with E-state index in [0.717, 1.165) is 5.56 Å². The number of carbonyl (C=O) groups excluding carboxylic acids is 2. The average molecular weight is 269 g/mol. The van der Waals surface area contributed by atoms with E-state index in [2.05, 4.69) is 5.32 Å². The third kappa shape index (κ3) is 3.13. The summed E-state index contributed by atoms with van der Waals surface area (Å²) in [5.74, 6) is -0.228. The highest BCUT2D eigenvalue weighted by atomic mass is 35.5. The van der Waals surface area contributed by atoms with Crippen molar-refractivity contribution >= 4 is 23.6 Å². The molecule has 1 aliphatic rings. The van der Waals surface area contributed by atoms with E-state index >= 15 is 0 Å². The molecule has 18 heavy (non-hydrogen) atoms. The minimum atomic E-state index is -0.442. The molecule has 0 atom stereocenters. The van der Waals surface area contributed by atoms with Crippen molar-refractivity contribution in [2.75, 3.05) is 19.7 Å². The van der Waals surface area contributed by atoms with Crippen molar-refractivity contribution in [1.82, 2.24) is 10.2 Å². The Morgan fingerprint density at radius 2 is 2.22 bits per heavy atom. The van der Waals surface area contributed by atoms with Crippen LogP contribution in [0.3, 0.4) is 0 Å². The number of amides is 2. The van der Waals surface area contributed by atoms with Crippen molar-refractivity contribution in [1.29, 1.82) is 0 Å². The molecule has 0 aromatic heterocycles. The lowest BCUT2D eigenvalue weighted by Gasteiger charge is -2.12. The molecule has 0 bridgehead atoms. The highest BCUT2D eigenvalue weighted by molar-refractivity contribution is 6.31. The van der Waals surface area contributed by atoms with Gasteiger partial charge in [-0.3, -0.25) is 9.69 Å². The SMILES string of the molecule is O=C(CN1CCOC1=O)NCc1ccccc1Cl. The molecule has 5 nitrogen and oxygen atoms in total. The van der Waals surface area contributed by atoms with Crippen LogP contribution in [0.5, 0.6) is 0 Å². The molecule has 6 heteroatoms. The Bertz CT molecular complexity index is 464. The van der Waals surface area contributed by atoms with E-state index < -0.39 is 6.09 Å². The number of nitrogens with zero attached hydrogens (tertiary/aromatic N) is 1. The van der Waals surface area contributed by atoms with Gasteiger partial charge >= 0.3 is 6.09 Å². The second kappa shape index (κ2) is 5.73. The van der Waals surface area contributed by atoms with Crippen LogP contribution in [0.4, 0.5) is 4.79 Å². The third-order valence-corrected chi connectivity index (χ3v) is 2.98. The van der Waals surface area contributed by atoms with Crippen LogP contribution < -0.4 is 5.32 Å². The zero-order valence-electron chi connectivity index (χ0n) is 9.69. The number of ether oxygens (including phenoxy) is 1. The molecule has 0 unspecified atom stereocenters. The van der Waals surface area contributed by atoms with Gasteiger partial charge in [-0.15, -0.1) is 0 Å². The number of halogens is 1. The van der Waals surface area contributed by atoms with Gasteiger partial charge in [-0.25, -0.2) is 4.79 Å². The first-order valence-electron chi connectivity index (χ1n) is 5.58. The minimum Gasteiger partial charge on any atom is -0.448 e. The molecule has 1 aromatic carbocycles. The summed E-state index contributed by atoms with van der Waals surface area (Å²) < 4.78 is 4.73. The Balaban J connectivity index is 1.82. The topological polar surface area (TPSA) is 58.6 Å². The van der Waals surface area contributed by atoms with Gasteiger partial charge in [0.05, 0.1) is 6.54 Å². The number of benzene rings is 1. The van der Waals surface area contributed by atoms with Gasteiger partial charge in [0, 0.05) is 11.6 Å². The van der Waals surface area contributed by atoms with Crippen LogP contribution in [0, 0.1) is 0 Å². The first-order valence-corrected chi connectivity index (χ1v) is 5.96. The fourth-order valence-electron chi connectivity index (χ4n) is 1.63. The molecule has 0 aliphatic carbocycles. The molecular weight excluding hydrogens is 256 g/mol. The van der Waals surface area contributed by atoms with Gasteiger partial charge < -0.3 is 10.1 Å². The Morgan fingerprint density at radius 3 is 2.89 bits per heavy atom. The summed E-state index contributed by atoms with van der Waals surface area (Å²) in [5.41, 5.74) is 0.844. The molecule has 96 valence electrons. The van der Waals surface area contributed by atoms with Crippen LogP contribution in [-0.2, 0) is 16.1 Å². The van der Waals surface area contributed by atoms with E-state index in [-0.39, 0.29) is 12.5 Å². The molecule has 1 saturated heterocycles. The van der Waals surface area contributed by atoms with Crippen LogP contribution in [0.2, 0.25) is 5.02 Å². The second-order valence-electron chi connectivity index (χ2n) is 3.90. The highest BCUT2D eigenvalue weighted by Gasteiger charge is 2.23. The fourth-order valence-corrected chi connectivity index (χ4v) is 1.84. The van der Waals surface area contributed by atoms with Gasteiger partial charge in [-0.05, 0) is 11.6 Å². The van der Waals surface area contributed by atoms with E-state index in [1.54, 1.807) is 6.07 Å². The van der Waals surface area contributed by atoms with Crippen LogP contribution in [-0.4, -0.2) is 36.6 Å². The second-order valence-corrected chi connectivity index (χ2v) is 4.31. The van der Waals surface area contributed by atoms with E-state index in [0.29, 0.717) is 24.7 Å². The molecule has 0 radical (unpaired) electrons. The summed E-state index contributed by atoms with van der Waals surface area (Å²) in [6.45, 7) is 1.17. The standard InChI is InChI=1S/C12H13ClN2O3/c13-10-4-2-1-3-9(10)7-14-11(16)8-15-5-6-18-12(15)17/h1-4H,5-8H2,(H,14,16). The third-order valence-electron chi connectivity index (χ3n) is 2.61. The maximum Gasteiger partial charge on any atom is 0.410 e. The molecule has 1 fully saturated rings. The molecule has 1 aromatic rings. The molecular formula is C12H13ClN2O3. The van der Waals surface area contributed by atoms with E-state index in [9.17, 15) is 9.59 Å². The van der Waals surface area contributed by atoms with Crippen molar-refractivity contribution in [2.45, 2.75) is 6.54 Å². The lowest BCUT2D eigenvalue weighted by Crippen LogP contribution is -2.37. The molecule has 2 rings (SSSR count). The first-order chi connectivity index (χ1) is 8.66. The maximum absolute atomic E-state index is 11.6. The summed E-state index contributed by atoms with van der Waals surface area (Å²) in [4.78, 5) is 24.1. The van der Waals surface area contributed by atoms with E-state index in [1.165, 1.54) is 4.90 Å². The summed E-state index contributed by atoms with van der Waals surface area (Å²) in [5, 5.41) is 3.32. The first kappa shape index (κ1) is 12.7. The number of hydrogen-bond acceptors (Lipinski definition) is 3. The average Bonchev–Trinajstić information content (AvgIpc) is 2.74. The number of cyclic esters (lactones) is 1.